The molecule has 0 fully saturated rings. The van der Waals surface area contributed by atoms with Gasteiger partial charge < -0.3 is 4.18 Å². The zero-order valence-electron chi connectivity index (χ0n) is 13.3. The molecular weight excluding hydrogens is 352 g/mol. The van der Waals surface area contributed by atoms with Gasteiger partial charge in [0.1, 0.15) is 10.6 Å². The molecule has 0 saturated carbocycles. The van der Waals surface area contributed by atoms with Crippen molar-refractivity contribution in [1.29, 1.82) is 0 Å². The first-order valence-electron chi connectivity index (χ1n) is 6.86. The van der Waals surface area contributed by atoms with E-state index >= 15 is 0 Å². The average molecular weight is 366 g/mol. The van der Waals surface area contributed by atoms with E-state index in [1.54, 1.807) is 0 Å². The molecule has 0 aromatic heterocycles. The molecule has 2 rings (SSSR count). The van der Waals surface area contributed by atoms with Gasteiger partial charge in [-0.2, -0.15) is 8.42 Å². The molecule has 0 aliphatic rings. The Morgan fingerprint density at radius 3 is 2.36 bits per heavy atom. The molecule has 0 spiro atoms. The van der Waals surface area contributed by atoms with Crippen LogP contribution in [-0.2, 0) is 15.0 Å². The van der Waals surface area contributed by atoms with Gasteiger partial charge in [-0.05, 0) is 30.3 Å². The highest BCUT2D eigenvalue weighted by molar-refractivity contribution is 7.87. The van der Waals surface area contributed by atoms with Crippen LogP contribution in [0.1, 0.15) is 10.4 Å². The number of carbonyl (C=O) groups is 1. The molecule has 132 valence electrons. The van der Waals surface area contributed by atoms with Gasteiger partial charge in [0.2, 0.25) is 0 Å². The van der Waals surface area contributed by atoms with Crippen molar-refractivity contribution in [3.63, 3.8) is 0 Å². The average Bonchev–Trinajstić information content (AvgIpc) is 2.60. The smallest absolute Gasteiger partial charge is 0.339 e. The summed E-state index contributed by atoms with van der Waals surface area (Å²) in [6, 6.07) is 9.85. The van der Waals surface area contributed by atoms with Gasteiger partial charge in [0.25, 0.3) is 11.6 Å². The van der Waals surface area contributed by atoms with E-state index in [1.807, 2.05) is 0 Å². The first-order valence-corrected chi connectivity index (χ1v) is 8.26. The lowest BCUT2D eigenvalue weighted by Crippen LogP contribution is -2.25. The Bertz CT molecular complexity index is 894. The van der Waals surface area contributed by atoms with Crippen LogP contribution in [-0.4, -0.2) is 38.5 Å². The first-order chi connectivity index (χ1) is 11.7. The van der Waals surface area contributed by atoms with Gasteiger partial charge >= 0.3 is 10.1 Å². The van der Waals surface area contributed by atoms with Gasteiger partial charge in [0, 0.05) is 24.7 Å². The van der Waals surface area contributed by atoms with Crippen molar-refractivity contribution in [3.05, 3.63) is 64.2 Å². The van der Waals surface area contributed by atoms with Crippen LogP contribution in [0.3, 0.4) is 0 Å². The monoisotopic (exact) mass is 366 g/mol. The Morgan fingerprint density at radius 1 is 1.16 bits per heavy atom. The Labute approximate surface area is 143 Å². The van der Waals surface area contributed by atoms with E-state index in [2.05, 4.69) is 0 Å². The van der Waals surface area contributed by atoms with Crippen molar-refractivity contribution >= 4 is 21.7 Å². The molecule has 0 radical (unpaired) electrons. The molecule has 0 saturated heterocycles. The van der Waals surface area contributed by atoms with Gasteiger partial charge in [0.05, 0.1) is 12.0 Å². The highest BCUT2D eigenvalue weighted by Gasteiger charge is 2.20. The van der Waals surface area contributed by atoms with Gasteiger partial charge in [-0.15, -0.1) is 0 Å². The van der Waals surface area contributed by atoms with Crippen molar-refractivity contribution in [1.82, 2.24) is 5.06 Å². The number of hydrogen-bond donors (Lipinski definition) is 0. The minimum atomic E-state index is -4.25. The molecule has 10 heteroatoms. The zero-order chi connectivity index (χ0) is 18.6. The van der Waals surface area contributed by atoms with Crippen LogP contribution in [0.15, 0.2) is 53.4 Å². The maximum Gasteiger partial charge on any atom is 0.339 e. The Hall–Kier alpha value is -2.98. The highest BCUT2D eigenvalue weighted by atomic mass is 32.2. The molecule has 0 aliphatic heterocycles. The Morgan fingerprint density at radius 2 is 1.80 bits per heavy atom. The van der Waals surface area contributed by atoms with E-state index < -0.39 is 20.9 Å². The van der Waals surface area contributed by atoms with Crippen LogP contribution in [0.25, 0.3) is 0 Å². The molecule has 25 heavy (non-hydrogen) atoms. The van der Waals surface area contributed by atoms with E-state index in [0.29, 0.717) is 0 Å². The summed E-state index contributed by atoms with van der Waals surface area (Å²) in [5.41, 5.74) is -0.0994. The predicted octanol–water partition coefficient (Wildman–Crippen LogP) is 2.00. The van der Waals surface area contributed by atoms with Gasteiger partial charge in [-0.25, -0.2) is 5.06 Å². The van der Waals surface area contributed by atoms with Gasteiger partial charge in [0.15, 0.2) is 0 Å². The van der Waals surface area contributed by atoms with Crippen LogP contribution >= 0.6 is 0 Å². The van der Waals surface area contributed by atoms with Crippen molar-refractivity contribution in [3.8, 4) is 5.75 Å². The molecule has 0 atom stereocenters. The first kappa shape index (κ1) is 18.4. The van der Waals surface area contributed by atoms with E-state index in [0.717, 1.165) is 11.1 Å². The van der Waals surface area contributed by atoms with Crippen LogP contribution in [0, 0.1) is 10.1 Å². The molecule has 0 heterocycles. The summed E-state index contributed by atoms with van der Waals surface area (Å²) in [5, 5.41) is 11.8. The number of nitro groups is 1. The fraction of sp³-hybridized carbons (Fsp3) is 0.133. The van der Waals surface area contributed by atoms with E-state index in [4.69, 9.17) is 9.02 Å². The molecule has 9 nitrogen and oxygen atoms in total. The fourth-order valence-electron chi connectivity index (χ4n) is 1.85. The number of benzene rings is 2. The molecule has 0 aliphatic carbocycles. The number of carbonyl (C=O) groups excluding carboxylic acids is 1. The van der Waals surface area contributed by atoms with E-state index in [1.165, 1.54) is 56.6 Å². The summed E-state index contributed by atoms with van der Waals surface area (Å²) in [6.45, 7) is 0. The SMILES string of the molecule is CON(C)C(=O)c1ccc(OS(=O)(=O)c2cccc([N+](=O)[O-])c2)cc1. The maximum absolute atomic E-state index is 12.2. The number of non-ortho nitro benzene ring substituents is 1. The lowest BCUT2D eigenvalue weighted by Gasteiger charge is -2.13. The normalized spacial score (nSPS) is 11.0. The minimum Gasteiger partial charge on any atom is -0.379 e. The summed E-state index contributed by atoms with van der Waals surface area (Å²) >= 11 is 0. The maximum atomic E-state index is 12.2. The fourth-order valence-corrected chi connectivity index (χ4v) is 2.82. The second-order valence-electron chi connectivity index (χ2n) is 4.80. The topological polar surface area (TPSA) is 116 Å². The molecule has 0 bridgehead atoms. The highest BCUT2D eigenvalue weighted by Crippen LogP contribution is 2.22. The van der Waals surface area contributed by atoms with E-state index in [-0.39, 0.29) is 21.9 Å². The number of nitro benzene ring substituents is 1. The summed E-state index contributed by atoms with van der Waals surface area (Å²) in [7, 11) is -1.48. The van der Waals surface area contributed by atoms with Crippen molar-refractivity contribution in [2.45, 2.75) is 4.90 Å². The summed E-state index contributed by atoms with van der Waals surface area (Å²) in [4.78, 5) is 26.3. The molecule has 0 N–H and O–H groups in total. The number of rotatable bonds is 6. The lowest BCUT2D eigenvalue weighted by atomic mass is 10.2. The largest absolute Gasteiger partial charge is 0.379 e. The minimum absolute atomic E-state index is 0.0388. The van der Waals surface area contributed by atoms with Crippen molar-refractivity contribution in [2.75, 3.05) is 14.2 Å². The zero-order valence-corrected chi connectivity index (χ0v) is 14.1. The molecule has 1 amide bonds. The second kappa shape index (κ2) is 7.28. The molecular formula is C15H14N2O7S. The lowest BCUT2D eigenvalue weighted by molar-refractivity contribution is -0.385. The molecule has 2 aromatic rings. The standard InChI is InChI=1S/C15H14N2O7S/c1-16(23-2)15(18)11-6-8-13(9-7-11)24-25(21,22)14-5-3-4-12(10-14)17(19)20/h3-10H,1-2H3. The quantitative estimate of drug-likeness (QED) is 0.436. The Kier molecular flexibility index (Phi) is 5.35. The predicted molar refractivity (Wildman–Crippen MR) is 86.5 cm³/mol. The third kappa shape index (κ3) is 4.31. The van der Waals surface area contributed by atoms with Crippen molar-refractivity contribution < 1.29 is 27.2 Å². The number of amides is 1. The Balaban J connectivity index is 2.22. The molecule has 2 aromatic carbocycles. The van der Waals surface area contributed by atoms with E-state index in [9.17, 15) is 23.3 Å². The number of hydrogen-bond acceptors (Lipinski definition) is 7. The van der Waals surface area contributed by atoms with Crippen LogP contribution in [0.5, 0.6) is 5.75 Å². The molecule has 0 unspecified atom stereocenters. The summed E-state index contributed by atoms with van der Waals surface area (Å²) < 4.78 is 29.4. The van der Waals surface area contributed by atoms with Crippen LogP contribution < -0.4 is 4.18 Å². The third-order valence-corrected chi connectivity index (χ3v) is 4.43. The second-order valence-corrected chi connectivity index (χ2v) is 6.35. The van der Waals surface area contributed by atoms with Gasteiger partial charge in [-0.3, -0.25) is 19.7 Å². The van der Waals surface area contributed by atoms with Crippen LogP contribution in [0.4, 0.5) is 5.69 Å². The number of hydroxylamine groups is 2. The van der Waals surface area contributed by atoms with Crippen molar-refractivity contribution in [2.24, 2.45) is 0 Å². The number of nitrogens with zero attached hydrogens (tertiary/aromatic N) is 2. The van der Waals surface area contributed by atoms with Gasteiger partial charge in [-0.1, -0.05) is 6.07 Å². The summed E-state index contributed by atoms with van der Waals surface area (Å²) in [6.07, 6.45) is 0. The third-order valence-electron chi connectivity index (χ3n) is 3.18. The summed E-state index contributed by atoms with van der Waals surface area (Å²) in [5.74, 6) is -0.460. The van der Waals surface area contributed by atoms with Crippen LogP contribution in [0.2, 0.25) is 0 Å².